The van der Waals surface area contributed by atoms with Crippen molar-refractivity contribution in [2.45, 2.75) is 46.2 Å². The Balaban J connectivity index is 2.83. The number of rotatable bonds is 8. The van der Waals surface area contributed by atoms with E-state index in [1.165, 1.54) is 18.5 Å². The fourth-order valence-electron chi connectivity index (χ4n) is 2.59. The lowest BCUT2D eigenvalue weighted by Crippen LogP contribution is -2.43. The van der Waals surface area contributed by atoms with E-state index in [0.29, 0.717) is 12.1 Å². The zero-order valence-electron chi connectivity index (χ0n) is 12.3. The third kappa shape index (κ3) is 4.11. The van der Waals surface area contributed by atoms with Gasteiger partial charge in [-0.2, -0.15) is 0 Å². The summed E-state index contributed by atoms with van der Waals surface area (Å²) in [4.78, 5) is 2.56. The molecule has 102 valence electrons. The van der Waals surface area contributed by atoms with Crippen molar-refractivity contribution in [3.05, 3.63) is 35.9 Å². The number of nitrogens with zero attached hydrogens (tertiary/aromatic N) is 1. The van der Waals surface area contributed by atoms with Gasteiger partial charge in [0.2, 0.25) is 0 Å². The van der Waals surface area contributed by atoms with Crippen molar-refractivity contribution in [2.75, 3.05) is 19.6 Å². The molecule has 2 unspecified atom stereocenters. The standard InChI is InChI=1S/C16H28N2/c1-5-13-18(7-3)14(4)16(17-6-2)15-11-9-8-10-12-15/h8-12,14,16-17H,5-7,13H2,1-4H3. The molecule has 0 aliphatic carbocycles. The monoisotopic (exact) mass is 248 g/mol. The first-order valence-corrected chi connectivity index (χ1v) is 7.26. The Morgan fingerprint density at radius 3 is 2.28 bits per heavy atom. The fraction of sp³-hybridized carbons (Fsp3) is 0.625. The summed E-state index contributed by atoms with van der Waals surface area (Å²) in [5, 5.41) is 3.63. The van der Waals surface area contributed by atoms with Gasteiger partial charge < -0.3 is 5.32 Å². The van der Waals surface area contributed by atoms with Crippen LogP contribution in [0.5, 0.6) is 0 Å². The van der Waals surface area contributed by atoms with E-state index in [0.717, 1.165) is 13.1 Å². The molecule has 0 radical (unpaired) electrons. The van der Waals surface area contributed by atoms with Crippen LogP contribution in [0.4, 0.5) is 0 Å². The molecule has 2 heteroatoms. The van der Waals surface area contributed by atoms with Gasteiger partial charge in [0.1, 0.15) is 0 Å². The van der Waals surface area contributed by atoms with Gasteiger partial charge >= 0.3 is 0 Å². The average Bonchev–Trinajstić information content (AvgIpc) is 2.42. The van der Waals surface area contributed by atoms with E-state index in [2.05, 4.69) is 68.2 Å². The predicted molar refractivity (Wildman–Crippen MR) is 79.9 cm³/mol. The Kier molecular flexibility index (Phi) is 6.99. The van der Waals surface area contributed by atoms with Crippen molar-refractivity contribution < 1.29 is 0 Å². The van der Waals surface area contributed by atoms with E-state index in [-0.39, 0.29) is 0 Å². The van der Waals surface area contributed by atoms with E-state index in [4.69, 9.17) is 0 Å². The normalized spacial score (nSPS) is 14.7. The third-order valence-electron chi connectivity index (χ3n) is 3.56. The quantitative estimate of drug-likeness (QED) is 0.758. The van der Waals surface area contributed by atoms with Crippen molar-refractivity contribution in [3.63, 3.8) is 0 Å². The van der Waals surface area contributed by atoms with Gasteiger partial charge in [0.15, 0.2) is 0 Å². The second-order valence-corrected chi connectivity index (χ2v) is 4.82. The highest BCUT2D eigenvalue weighted by atomic mass is 15.2. The fourth-order valence-corrected chi connectivity index (χ4v) is 2.59. The van der Waals surface area contributed by atoms with E-state index in [9.17, 15) is 0 Å². The molecule has 0 amide bonds. The highest BCUT2D eigenvalue weighted by Gasteiger charge is 2.22. The van der Waals surface area contributed by atoms with Crippen LogP contribution in [0.1, 0.15) is 45.7 Å². The van der Waals surface area contributed by atoms with E-state index < -0.39 is 0 Å². The minimum absolute atomic E-state index is 0.419. The van der Waals surface area contributed by atoms with E-state index in [1.54, 1.807) is 0 Å². The Bertz CT molecular complexity index is 310. The Labute approximate surface area is 112 Å². The first kappa shape index (κ1) is 15.2. The number of benzene rings is 1. The molecule has 18 heavy (non-hydrogen) atoms. The molecule has 0 fully saturated rings. The van der Waals surface area contributed by atoms with E-state index in [1.807, 2.05) is 0 Å². The number of hydrogen-bond acceptors (Lipinski definition) is 2. The predicted octanol–water partition coefficient (Wildman–Crippen LogP) is 3.46. The molecule has 1 rings (SSSR count). The van der Waals surface area contributed by atoms with Crippen LogP contribution in [0.2, 0.25) is 0 Å². The van der Waals surface area contributed by atoms with Gasteiger partial charge in [-0.15, -0.1) is 0 Å². The van der Waals surface area contributed by atoms with Crippen molar-refractivity contribution in [1.29, 1.82) is 0 Å². The van der Waals surface area contributed by atoms with Crippen LogP contribution in [0, 0.1) is 0 Å². The summed E-state index contributed by atoms with van der Waals surface area (Å²) in [6, 6.07) is 11.7. The smallest absolute Gasteiger partial charge is 0.0475 e. The van der Waals surface area contributed by atoms with Gasteiger partial charge in [0, 0.05) is 12.1 Å². The second-order valence-electron chi connectivity index (χ2n) is 4.82. The van der Waals surface area contributed by atoms with Crippen LogP contribution in [0.25, 0.3) is 0 Å². The second kappa shape index (κ2) is 8.28. The number of hydrogen-bond donors (Lipinski definition) is 1. The summed E-state index contributed by atoms with van der Waals surface area (Å²) in [5.41, 5.74) is 1.39. The molecule has 2 nitrogen and oxygen atoms in total. The largest absolute Gasteiger partial charge is 0.309 e. The van der Waals surface area contributed by atoms with Crippen LogP contribution in [-0.2, 0) is 0 Å². The molecular weight excluding hydrogens is 220 g/mol. The summed E-state index contributed by atoms with van der Waals surface area (Å²) in [7, 11) is 0. The maximum atomic E-state index is 3.63. The zero-order chi connectivity index (χ0) is 13.4. The average molecular weight is 248 g/mol. The van der Waals surface area contributed by atoms with Crippen molar-refractivity contribution in [3.8, 4) is 0 Å². The van der Waals surface area contributed by atoms with Gasteiger partial charge in [0.05, 0.1) is 0 Å². The molecule has 0 bridgehead atoms. The zero-order valence-corrected chi connectivity index (χ0v) is 12.3. The molecule has 0 saturated carbocycles. The third-order valence-corrected chi connectivity index (χ3v) is 3.56. The van der Waals surface area contributed by atoms with Gasteiger partial charge in [0.25, 0.3) is 0 Å². The van der Waals surface area contributed by atoms with Gasteiger partial charge in [-0.05, 0) is 38.5 Å². The van der Waals surface area contributed by atoms with E-state index >= 15 is 0 Å². The van der Waals surface area contributed by atoms with Crippen LogP contribution in [0.3, 0.4) is 0 Å². The molecule has 0 aliphatic rings. The first-order valence-electron chi connectivity index (χ1n) is 7.26. The summed E-state index contributed by atoms with van der Waals surface area (Å²) < 4.78 is 0. The van der Waals surface area contributed by atoms with Gasteiger partial charge in [-0.3, -0.25) is 4.90 Å². The molecule has 1 aromatic carbocycles. The molecular formula is C16H28N2. The maximum absolute atomic E-state index is 3.63. The Morgan fingerprint density at radius 2 is 1.78 bits per heavy atom. The van der Waals surface area contributed by atoms with Crippen LogP contribution in [-0.4, -0.2) is 30.6 Å². The highest BCUT2D eigenvalue weighted by molar-refractivity contribution is 5.20. The molecule has 1 N–H and O–H groups in total. The SMILES string of the molecule is CCCN(CC)C(C)C(NCC)c1ccccc1. The molecule has 0 saturated heterocycles. The van der Waals surface area contributed by atoms with Crippen molar-refractivity contribution >= 4 is 0 Å². The minimum atomic E-state index is 0.419. The molecule has 1 aromatic rings. The molecule has 0 aliphatic heterocycles. The van der Waals surface area contributed by atoms with Gasteiger partial charge in [-0.1, -0.05) is 51.1 Å². The molecule has 0 spiro atoms. The Hall–Kier alpha value is -0.860. The lowest BCUT2D eigenvalue weighted by molar-refractivity contribution is 0.178. The van der Waals surface area contributed by atoms with Crippen LogP contribution in [0.15, 0.2) is 30.3 Å². The first-order chi connectivity index (χ1) is 8.74. The Morgan fingerprint density at radius 1 is 1.11 bits per heavy atom. The molecule has 0 heterocycles. The number of nitrogens with one attached hydrogen (secondary N) is 1. The van der Waals surface area contributed by atoms with Crippen LogP contribution >= 0.6 is 0 Å². The lowest BCUT2D eigenvalue weighted by atomic mass is 9.99. The maximum Gasteiger partial charge on any atom is 0.0475 e. The van der Waals surface area contributed by atoms with Gasteiger partial charge in [-0.25, -0.2) is 0 Å². The summed E-state index contributed by atoms with van der Waals surface area (Å²) in [5.74, 6) is 0. The number of likely N-dealkylation sites (N-methyl/N-ethyl adjacent to an activating group) is 2. The molecule has 0 aromatic heterocycles. The van der Waals surface area contributed by atoms with Crippen molar-refractivity contribution in [1.82, 2.24) is 10.2 Å². The topological polar surface area (TPSA) is 15.3 Å². The minimum Gasteiger partial charge on any atom is -0.309 e. The highest BCUT2D eigenvalue weighted by Crippen LogP contribution is 2.21. The summed E-state index contributed by atoms with van der Waals surface area (Å²) in [6.07, 6.45) is 1.21. The molecule has 2 atom stereocenters. The lowest BCUT2D eigenvalue weighted by Gasteiger charge is -2.34. The van der Waals surface area contributed by atoms with Crippen LogP contribution < -0.4 is 5.32 Å². The summed E-state index contributed by atoms with van der Waals surface area (Å²) >= 11 is 0. The van der Waals surface area contributed by atoms with Crippen molar-refractivity contribution in [2.24, 2.45) is 0 Å². The summed E-state index contributed by atoms with van der Waals surface area (Å²) in [6.45, 7) is 12.3.